The van der Waals surface area contributed by atoms with Gasteiger partial charge in [0.1, 0.15) is 6.61 Å². The molecule has 1 N–H and O–H groups in total. The summed E-state index contributed by atoms with van der Waals surface area (Å²) in [5.74, 6) is -0.329. The summed E-state index contributed by atoms with van der Waals surface area (Å²) in [4.78, 5) is 10.7. The fourth-order valence-electron chi connectivity index (χ4n) is 2.95. The normalized spacial score (nSPS) is 15.9. The van der Waals surface area contributed by atoms with Crippen LogP contribution in [0.1, 0.15) is 22.6 Å². The molecular weight excluding hydrogens is 340 g/mol. The third-order valence-electron chi connectivity index (χ3n) is 3.93. The maximum Gasteiger partial charge on any atom is 0.403 e. The minimum atomic E-state index is -4.31. The van der Waals surface area contributed by atoms with Gasteiger partial charge in [0.15, 0.2) is 0 Å². The molecule has 2 aromatic rings. The van der Waals surface area contributed by atoms with Crippen LogP contribution in [0.25, 0.3) is 11.1 Å². The lowest BCUT2D eigenvalue weighted by molar-refractivity contribution is 0.170. The first kappa shape index (κ1) is 16.0. The van der Waals surface area contributed by atoms with Crippen molar-refractivity contribution in [3.63, 3.8) is 0 Å². The first-order valence-electron chi connectivity index (χ1n) is 6.82. The molecule has 0 aromatic heterocycles. The van der Waals surface area contributed by atoms with Crippen molar-refractivity contribution in [3.05, 3.63) is 53.1 Å². The molecule has 23 heavy (non-hydrogen) atoms. The van der Waals surface area contributed by atoms with E-state index in [9.17, 15) is 17.8 Å². The number of rotatable bonds is 3. The molecule has 0 heterocycles. The Balaban J connectivity index is 2.16. The average Bonchev–Trinajstić information content (AvgIpc) is 2.76. The van der Waals surface area contributed by atoms with Crippen LogP contribution in [0.4, 0.5) is 4.79 Å². The highest BCUT2D eigenvalue weighted by molar-refractivity contribution is 7.85. The minimum Gasteiger partial charge on any atom is -0.453 e. The topological polar surface area (TPSA) is 80.7 Å². The van der Waals surface area contributed by atoms with Crippen molar-refractivity contribution < 1.29 is 22.5 Å². The zero-order valence-corrected chi connectivity index (χ0v) is 13.7. The number of fused-ring (bicyclic) bond motifs is 3. The quantitative estimate of drug-likeness (QED) is 0.672. The Morgan fingerprint density at radius 3 is 2.39 bits per heavy atom. The third-order valence-corrected chi connectivity index (χ3v) is 4.89. The maximum atomic E-state index is 11.4. The highest BCUT2D eigenvalue weighted by Gasteiger charge is 2.31. The Hall–Kier alpha value is -1.89. The van der Waals surface area contributed by atoms with E-state index in [2.05, 4.69) is 0 Å². The highest BCUT2D eigenvalue weighted by atomic mass is 35.5. The molecule has 2 aromatic carbocycles. The Labute approximate surface area is 138 Å². The Kier molecular flexibility index (Phi) is 3.91. The summed E-state index contributed by atoms with van der Waals surface area (Å²) in [6.45, 7) is 1.94. The lowest BCUT2D eigenvalue weighted by Crippen LogP contribution is -2.09. The molecule has 1 aliphatic rings. The molecule has 5 nitrogen and oxygen atoms in total. The maximum absolute atomic E-state index is 11.4. The summed E-state index contributed by atoms with van der Waals surface area (Å²) in [6, 6.07) is 10.3. The smallest absolute Gasteiger partial charge is 0.403 e. The highest BCUT2D eigenvalue weighted by Crippen LogP contribution is 2.46. The molecule has 0 amide bonds. The van der Waals surface area contributed by atoms with E-state index in [4.69, 9.17) is 16.3 Å². The Morgan fingerprint density at radius 2 is 1.78 bits per heavy atom. The average molecular weight is 353 g/mol. The molecule has 0 aliphatic heterocycles. The van der Waals surface area contributed by atoms with E-state index < -0.39 is 15.5 Å². The third kappa shape index (κ3) is 2.97. The number of aryl methyl sites for hydroxylation is 1. The standard InChI is InChI=1S/C16H13ClO5S/c1-9-2-4-11-12-5-3-10(23(19,20)21)7-14(12)15(13(11)6-9)8-22-16(17)18/h2-7,15H,8H2,1H3,(H,19,20,21). The van der Waals surface area contributed by atoms with Gasteiger partial charge in [-0.1, -0.05) is 29.8 Å². The van der Waals surface area contributed by atoms with E-state index in [1.54, 1.807) is 6.07 Å². The van der Waals surface area contributed by atoms with Gasteiger partial charge in [0, 0.05) is 17.5 Å². The molecule has 3 rings (SSSR count). The van der Waals surface area contributed by atoms with Crippen LogP contribution < -0.4 is 0 Å². The van der Waals surface area contributed by atoms with E-state index >= 15 is 0 Å². The van der Waals surface area contributed by atoms with Crippen LogP contribution in [0.3, 0.4) is 0 Å². The van der Waals surface area contributed by atoms with Gasteiger partial charge in [-0.3, -0.25) is 4.55 Å². The monoisotopic (exact) mass is 352 g/mol. The predicted octanol–water partition coefficient (Wildman–Crippen LogP) is 3.73. The lowest BCUT2D eigenvalue weighted by atomic mass is 9.97. The first-order chi connectivity index (χ1) is 10.8. The van der Waals surface area contributed by atoms with Gasteiger partial charge in [-0.05, 0) is 41.3 Å². The molecular formula is C16H13ClO5S. The van der Waals surface area contributed by atoms with Gasteiger partial charge in [0.2, 0.25) is 0 Å². The van der Waals surface area contributed by atoms with Crippen molar-refractivity contribution in [2.45, 2.75) is 17.7 Å². The summed E-state index contributed by atoms with van der Waals surface area (Å²) in [5, 5.41) is 0. The van der Waals surface area contributed by atoms with E-state index in [0.29, 0.717) is 5.56 Å². The Bertz CT molecular complexity index is 905. The lowest BCUT2D eigenvalue weighted by Gasteiger charge is -2.13. The molecule has 0 fully saturated rings. The summed E-state index contributed by atoms with van der Waals surface area (Å²) in [7, 11) is -4.31. The van der Waals surface area contributed by atoms with Crippen molar-refractivity contribution in [1.82, 2.24) is 0 Å². The summed E-state index contributed by atoms with van der Waals surface area (Å²) in [6.07, 6.45) is 0. The molecule has 0 saturated carbocycles. The number of benzene rings is 2. The van der Waals surface area contributed by atoms with Crippen LogP contribution in [-0.4, -0.2) is 25.0 Å². The van der Waals surface area contributed by atoms with Crippen LogP contribution in [0.5, 0.6) is 0 Å². The van der Waals surface area contributed by atoms with E-state index in [1.165, 1.54) is 12.1 Å². The van der Waals surface area contributed by atoms with Crippen molar-refractivity contribution in [3.8, 4) is 11.1 Å². The number of hydrogen-bond donors (Lipinski definition) is 1. The number of carbonyl (C=O) groups is 1. The minimum absolute atomic E-state index is 0.000711. The van der Waals surface area contributed by atoms with Gasteiger partial charge < -0.3 is 4.74 Å². The summed E-state index contributed by atoms with van der Waals surface area (Å²) < 4.78 is 36.9. The fraction of sp³-hybridized carbons (Fsp3) is 0.188. The molecule has 0 radical (unpaired) electrons. The molecule has 120 valence electrons. The zero-order chi connectivity index (χ0) is 16.8. The van der Waals surface area contributed by atoms with Gasteiger partial charge >= 0.3 is 5.43 Å². The van der Waals surface area contributed by atoms with Crippen LogP contribution in [0.15, 0.2) is 41.3 Å². The number of hydrogen-bond acceptors (Lipinski definition) is 4. The molecule has 0 saturated heterocycles. The summed E-state index contributed by atoms with van der Waals surface area (Å²) >= 11 is 5.25. The van der Waals surface area contributed by atoms with E-state index in [0.717, 1.165) is 22.3 Å². The van der Waals surface area contributed by atoms with Gasteiger partial charge in [0.25, 0.3) is 10.1 Å². The molecule has 0 spiro atoms. The number of carbonyl (C=O) groups excluding carboxylic acids is 1. The van der Waals surface area contributed by atoms with Crippen LogP contribution >= 0.6 is 11.6 Å². The molecule has 0 bridgehead atoms. The SMILES string of the molecule is Cc1ccc2c(c1)C(COC(=O)Cl)c1cc(S(=O)(=O)O)ccc1-2. The second kappa shape index (κ2) is 5.63. The van der Waals surface area contributed by atoms with Crippen molar-refractivity contribution in [2.24, 2.45) is 0 Å². The van der Waals surface area contributed by atoms with E-state index in [-0.39, 0.29) is 17.4 Å². The second-order valence-electron chi connectivity index (χ2n) is 5.42. The van der Waals surface area contributed by atoms with Crippen LogP contribution in [0.2, 0.25) is 0 Å². The van der Waals surface area contributed by atoms with Crippen molar-refractivity contribution >= 4 is 27.1 Å². The molecule has 1 aliphatic carbocycles. The molecule has 1 atom stereocenters. The first-order valence-corrected chi connectivity index (χ1v) is 8.64. The number of halogens is 1. The van der Waals surface area contributed by atoms with Gasteiger partial charge in [-0.15, -0.1) is 0 Å². The zero-order valence-electron chi connectivity index (χ0n) is 12.1. The van der Waals surface area contributed by atoms with Crippen molar-refractivity contribution in [1.29, 1.82) is 0 Å². The van der Waals surface area contributed by atoms with Gasteiger partial charge in [-0.25, -0.2) is 4.79 Å². The largest absolute Gasteiger partial charge is 0.453 e. The molecule has 7 heteroatoms. The van der Waals surface area contributed by atoms with Crippen molar-refractivity contribution in [2.75, 3.05) is 6.61 Å². The van der Waals surface area contributed by atoms with E-state index in [1.807, 2.05) is 25.1 Å². The second-order valence-corrected chi connectivity index (χ2v) is 7.15. The summed E-state index contributed by atoms with van der Waals surface area (Å²) in [5.41, 5.74) is 3.53. The predicted molar refractivity (Wildman–Crippen MR) is 85.5 cm³/mol. The van der Waals surface area contributed by atoms with Crippen LogP contribution in [-0.2, 0) is 14.9 Å². The molecule has 1 unspecified atom stereocenters. The van der Waals surface area contributed by atoms with Gasteiger partial charge in [-0.2, -0.15) is 8.42 Å². The van der Waals surface area contributed by atoms with Crippen LogP contribution in [0, 0.1) is 6.92 Å². The fourth-order valence-corrected chi connectivity index (χ4v) is 3.53. The number of ether oxygens (including phenoxy) is 1. The Morgan fingerprint density at radius 1 is 1.17 bits per heavy atom. The van der Waals surface area contributed by atoms with Gasteiger partial charge in [0.05, 0.1) is 4.90 Å².